The fourth-order valence-electron chi connectivity index (χ4n) is 3.18. The second kappa shape index (κ2) is 4.49. The monoisotopic (exact) mass is 280 g/mol. The Morgan fingerprint density at radius 2 is 1.89 bits per heavy atom. The molecular weight excluding hydrogens is 268 g/mol. The highest BCUT2D eigenvalue weighted by atomic mass is 35.5. The Balaban J connectivity index is 2.00. The van der Waals surface area contributed by atoms with Gasteiger partial charge in [-0.05, 0) is 18.9 Å². The smallest absolute Gasteiger partial charge is 0.271 e. The molecule has 1 aromatic carbocycles. The molecule has 0 amide bonds. The van der Waals surface area contributed by atoms with E-state index in [1.807, 2.05) is 0 Å². The van der Waals surface area contributed by atoms with Crippen molar-refractivity contribution in [3.05, 3.63) is 33.3 Å². The number of hydrogen-bond donors (Lipinski definition) is 0. The summed E-state index contributed by atoms with van der Waals surface area (Å²) < 4.78 is 0. The van der Waals surface area contributed by atoms with E-state index in [1.54, 1.807) is 6.07 Å². The summed E-state index contributed by atoms with van der Waals surface area (Å²) in [6, 6.07) is 4.77. The van der Waals surface area contributed by atoms with Gasteiger partial charge in [-0.1, -0.05) is 11.6 Å². The average molecular weight is 281 g/mol. The van der Waals surface area contributed by atoms with Crippen LogP contribution in [0, 0.1) is 10.1 Å². The summed E-state index contributed by atoms with van der Waals surface area (Å²) in [7, 11) is 0. The standard InChI is InChI=1S/C13H13ClN2O3/c14-12-4-3-10(16(18)19)7-13(12)15-8-1-2-9(15)6-11(17)5-8/h3-4,7-9H,1-2,5-6H2. The Bertz CT molecular complexity index is 545. The van der Waals surface area contributed by atoms with Gasteiger partial charge in [-0.3, -0.25) is 14.9 Å². The highest BCUT2D eigenvalue weighted by Crippen LogP contribution is 2.42. The number of halogens is 1. The first kappa shape index (κ1) is 12.4. The Morgan fingerprint density at radius 3 is 2.47 bits per heavy atom. The van der Waals surface area contributed by atoms with Crippen LogP contribution in [0.15, 0.2) is 18.2 Å². The molecule has 19 heavy (non-hydrogen) atoms. The molecule has 2 atom stereocenters. The van der Waals surface area contributed by atoms with E-state index in [0.29, 0.717) is 23.6 Å². The Kier molecular flexibility index (Phi) is 2.93. The van der Waals surface area contributed by atoms with E-state index in [2.05, 4.69) is 4.90 Å². The van der Waals surface area contributed by atoms with Crippen LogP contribution in [0.3, 0.4) is 0 Å². The number of hydrogen-bond acceptors (Lipinski definition) is 4. The number of nitro benzene ring substituents is 1. The van der Waals surface area contributed by atoms with Gasteiger partial charge in [0.25, 0.3) is 5.69 Å². The fourth-order valence-corrected chi connectivity index (χ4v) is 3.39. The van der Waals surface area contributed by atoms with Gasteiger partial charge in [-0.25, -0.2) is 0 Å². The maximum absolute atomic E-state index is 11.6. The van der Waals surface area contributed by atoms with Crippen LogP contribution in [0.5, 0.6) is 0 Å². The minimum atomic E-state index is -0.420. The van der Waals surface area contributed by atoms with Gasteiger partial charge >= 0.3 is 0 Å². The zero-order valence-electron chi connectivity index (χ0n) is 10.2. The molecule has 0 aromatic heterocycles. The fraction of sp³-hybridized carbons (Fsp3) is 0.462. The van der Waals surface area contributed by atoms with Crippen LogP contribution in [0.1, 0.15) is 25.7 Å². The number of carbonyl (C=O) groups excluding carboxylic acids is 1. The maximum atomic E-state index is 11.6. The van der Waals surface area contributed by atoms with E-state index in [0.717, 1.165) is 12.8 Å². The maximum Gasteiger partial charge on any atom is 0.271 e. The van der Waals surface area contributed by atoms with Gasteiger partial charge in [0.1, 0.15) is 5.78 Å². The Morgan fingerprint density at radius 1 is 1.26 bits per heavy atom. The van der Waals surface area contributed by atoms with Crippen molar-refractivity contribution in [1.82, 2.24) is 0 Å². The van der Waals surface area contributed by atoms with Crippen LogP contribution < -0.4 is 4.90 Å². The number of nitro groups is 1. The minimum Gasteiger partial charge on any atom is -0.363 e. The van der Waals surface area contributed by atoms with Gasteiger partial charge in [-0.2, -0.15) is 0 Å². The molecule has 2 heterocycles. The van der Waals surface area contributed by atoms with E-state index in [4.69, 9.17) is 11.6 Å². The van der Waals surface area contributed by atoms with E-state index >= 15 is 0 Å². The lowest BCUT2D eigenvalue weighted by atomic mass is 10.0. The second-order valence-corrected chi connectivity index (χ2v) is 5.54. The molecule has 100 valence electrons. The van der Waals surface area contributed by atoms with Gasteiger partial charge < -0.3 is 4.90 Å². The largest absolute Gasteiger partial charge is 0.363 e. The predicted octanol–water partition coefficient (Wildman–Crippen LogP) is 2.95. The minimum absolute atomic E-state index is 0.0377. The van der Waals surface area contributed by atoms with E-state index in [-0.39, 0.29) is 23.6 Å². The van der Waals surface area contributed by atoms with Crippen molar-refractivity contribution in [1.29, 1.82) is 0 Å². The van der Waals surface area contributed by atoms with Gasteiger partial charge in [0, 0.05) is 37.1 Å². The number of ketones is 1. The van der Waals surface area contributed by atoms with Crippen LogP contribution in [0.4, 0.5) is 11.4 Å². The number of nitrogens with zero attached hydrogens (tertiary/aromatic N) is 2. The molecule has 5 nitrogen and oxygen atoms in total. The molecule has 6 heteroatoms. The van der Waals surface area contributed by atoms with Crippen molar-refractivity contribution in [2.45, 2.75) is 37.8 Å². The molecule has 0 radical (unpaired) electrons. The third-order valence-electron chi connectivity index (χ3n) is 3.97. The number of anilines is 1. The lowest BCUT2D eigenvalue weighted by molar-refractivity contribution is -0.384. The van der Waals surface area contributed by atoms with E-state index in [9.17, 15) is 14.9 Å². The summed E-state index contributed by atoms with van der Waals surface area (Å²) >= 11 is 6.18. The van der Waals surface area contributed by atoms with Crippen LogP contribution in [0.25, 0.3) is 0 Å². The van der Waals surface area contributed by atoms with Crippen LogP contribution in [0.2, 0.25) is 5.02 Å². The first-order chi connectivity index (χ1) is 9.06. The number of piperidine rings is 1. The first-order valence-electron chi connectivity index (χ1n) is 6.30. The Labute approximate surface area is 115 Å². The number of rotatable bonds is 2. The highest BCUT2D eigenvalue weighted by Gasteiger charge is 2.41. The predicted molar refractivity (Wildman–Crippen MR) is 71.6 cm³/mol. The molecular formula is C13H13ClN2O3. The molecule has 2 fully saturated rings. The quantitative estimate of drug-likeness (QED) is 0.617. The molecule has 1 aromatic rings. The van der Waals surface area contributed by atoms with Crippen LogP contribution in [-0.2, 0) is 4.79 Å². The molecule has 3 rings (SSSR count). The number of fused-ring (bicyclic) bond motifs is 2. The van der Waals surface area contributed by atoms with Gasteiger partial charge in [0.05, 0.1) is 15.6 Å². The van der Waals surface area contributed by atoms with E-state index < -0.39 is 4.92 Å². The van der Waals surface area contributed by atoms with Crippen molar-refractivity contribution in [3.8, 4) is 0 Å². The number of Topliss-reactive ketones (excluding diaryl/α,β-unsaturated/α-hetero) is 1. The molecule has 0 spiro atoms. The average Bonchev–Trinajstić information content (AvgIpc) is 2.62. The topological polar surface area (TPSA) is 63.5 Å². The lowest BCUT2D eigenvalue weighted by Gasteiger charge is -2.36. The van der Waals surface area contributed by atoms with Crippen LogP contribution in [-0.4, -0.2) is 22.8 Å². The summed E-state index contributed by atoms with van der Waals surface area (Å²) in [6.07, 6.45) is 2.95. The Hall–Kier alpha value is -1.62. The highest BCUT2D eigenvalue weighted by molar-refractivity contribution is 6.33. The van der Waals surface area contributed by atoms with Gasteiger partial charge in [0.2, 0.25) is 0 Å². The molecule has 0 aliphatic carbocycles. The molecule has 0 saturated carbocycles. The third kappa shape index (κ3) is 2.08. The van der Waals surface area contributed by atoms with E-state index in [1.165, 1.54) is 12.1 Å². The van der Waals surface area contributed by atoms with Crippen LogP contribution >= 0.6 is 11.6 Å². The van der Waals surface area contributed by atoms with Crippen molar-refractivity contribution in [2.75, 3.05) is 4.90 Å². The zero-order chi connectivity index (χ0) is 13.6. The van der Waals surface area contributed by atoms with Crippen molar-refractivity contribution in [2.24, 2.45) is 0 Å². The molecule has 2 bridgehead atoms. The molecule has 2 unspecified atom stereocenters. The summed E-state index contributed by atoms with van der Waals surface area (Å²) in [4.78, 5) is 24.1. The van der Waals surface area contributed by atoms with Gasteiger partial charge in [0.15, 0.2) is 0 Å². The number of benzene rings is 1. The number of carbonyl (C=O) groups is 1. The molecule has 2 aliphatic heterocycles. The normalized spacial score (nSPS) is 25.7. The molecule has 2 aliphatic rings. The van der Waals surface area contributed by atoms with Gasteiger partial charge in [-0.15, -0.1) is 0 Å². The summed E-state index contributed by atoms with van der Waals surface area (Å²) in [6.45, 7) is 0. The van der Waals surface area contributed by atoms with Crippen molar-refractivity contribution in [3.63, 3.8) is 0 Å². The molecule has 0 N–H and O–H groups in total. The second-order valence-electron chi connectivity index (χ2n) is 5.13. The third-order valence-corrected chi connectivity index (χ3v) is 4.28. The molecule has 2 saturated heterocycles. The summed E-state index contributed by atoms with van der Waals surface area (Å²) in [5.41, 5.74) is 0.728. The summed E-state index contributed by atoms with van der Waals surface area (Å²) in [5, 5.41) is 11.4. The first-order valence-corrected chi connectivity index (χ1v) is 6.68. The van der Waals surface area contributed by atoms with Crippen molar-refractivity contribution < 1.29 is 9.72 Å². The number of non-ortho nitro benzene ring substituents is 1. The van der Waals surface area contributed by atoms with Crippen molar-refractivity contribution >= 4 is 28.8 Å². The SMILES string of the molecule is O=C1CC2CCC(C1)N2c1cc([N+](=O)[O-])ccc1Cl. The zero-order valence-corrected chi connectivity index (χ0v) is 11.0. The lowest BCUT2D eigenvalue weighted by Crippen LogP contribution is -2.43. The summed E-state index contributed by atoms with van der Waals surface area (Å²) in [5.74, 6) is 0.283.